The number of anilines is 2. The molecule has 0 unspecified atom stereocenters. The van der Waals surface area contributed by atoms with Gasteiger partial charge in [-0.3, -0.25) is 0 Å². The quantitative estimate of drug-likeness (QED) is 0.389. The number of phenolic OH excluding ortho intramolecular Hbond substituents is 2. The molecular formula is C13H11ClN2O3S. The molecule has 7 heteroatoms. The first-order valence-electron chi connectivity index (χ1n) is 5.55. The number of nitrogens with one attached hydrogen (secondary N) is 1. The first-order valence-corrected chi connectivity index (χ1v) is 6.32. The SMILES string of the molecule is O=C(Nc1ccc(O)cc1O)N(S)c1ccc(Cl)cc1. The van der Waals surface area contributed by atoms with Gasteiger partial charge in [0.2, 0.25) is 0 Å². The van der Waals surface area contributed by atoms with Gasteiger partial charge >= 0.3 is 6.03 Å². The molecule has 0 bridgehead atoms. The van der Waals surface area contributed by atoms with E-state index in [4.69, 9.17) is 11.6 Å². The van der Waals surface area contributed by atoms with Gasteiger partial charge in [-0.2, -0.15) is 0 Å². The van der Waals surface area contributed by atoms with Gasteiger partial charge in [0, 0.05) is 11.1 Å². The number of benzene rings is 2. The molecule has 5 nitrogen and oxygen atoms in total. The molecular weight excluding hydrogens is 300 g/mol. The van der Waals surface area contributed by atoms with E-state index in [1.807, 2.05) is 0 Å². The summed E-state index contributed by atoms with van der Waals surface area (Å²) in [5.41, 5.74) is 0.689. The van der Waals surface area contributed by atoms with Crippen molar-refractivity contribution in [2.24, 2.45) is 0 Å². The monoisotopic (exact) mass is 310 g/mol. The Balaban J connectivity index is 2.13. The predicted molar refractivity (Wildman–Crippen MR) is 81.7 cm³/mol. The fraction of sp³-hybridized carbons (Fsp3) is 0. The second kappa shape index (κ2) is 5.94. The van der Waals surface area contributed by atoms with Crippen LogP contribution in [-0.4, -0.2) is 16.2 Å². The van der Waals surface area contributed by atoms with Crippen molar-refractivity contribution >= 4 is 41.8 Å². The smallest absolute Gasteiger partial charge is 0.336 e. The van der Waals surface area contributed by atoms with Gasteiger partial charge in [-0.05, 0) is 36.4 Å². The van der Waals surface area contributed by atoms with Gasteiger partial charge in [-0.25, -0.2) is 9.10 Å². The molecule has 0 heterocycles. The number of amides is 2. The van der Waals surface area contributed by atoms with E-state index < -0.39 is 6.03 Å². The minimum atomic E-state index is -0.559. The van der Waals surface area contributed by atoms with Crippen molar-refractivity contribution in [2.45, 2.75) is 0 Å². The first kappa shape index (κ1) is 14.4. The third kappa shape index (κ3) is 3.28. The highest BCUT2D eigenvalue weighted by Crippen LogP contribution is 2.28. The lowest BCUT2D eigenvalue weighted by molar-refractivity contribution is 0.260. The zero-order valence-corrected chi connectivity index (χ0v) is 11.8. The molecule has 0 atom stereocenters. The Kier molecular flexibility index (Phi) is 4.26. The number of halogens is 1. The molecule has 2 aromatic rings. The van der Waals surface area contributed by atoms with Crippen molar-refractivity contribution in [1.29, 1.82) is 0 Å². The molecule has 0 radical (unpaired) electrons. The molecule has 2 rings (SSSR count). The van der Waals surface area contributed by atoms with Crippen LogP contribution in [0.5, 0.6) is 11.5 Å². The maximum atomic E-state index is 12.0. The third-order valence-electron chi connectivity index (χ3n) is 2.49. The Morgan fingerprint density at radius 2 is 1.80 bits per heavy atom. The fourth-order valence-corrected chi connectivity index (χ4v) is 1.80. The number of aromatic hydroxyl groups is 2. The van der Waals surface area contributed by atoms with Crippen molar-refractivity contribution in [3.63, 3.8) is 0 Å². The molecule has 0 saturated carbocycles. The van der Waals surface area contributed by atoms with E-state index in [0.29, 0.717) is 10.7 Å². The molecule has 0 aliphatic heterocycles. The summed E-state index contributed by atoms with van der Waals surface area (Å²) in [4.78, 5) is 12.0. The standard InChI is InChI=1S/C13H11ClN2O3S/c14-8-1-3-9(4-2-8)16(20)13(19)15-11-6-5-10(17)7-12(11)18/h1-7,17-18,20H,(H,15,19). The number of hydrogen-bond acceptors (Lipinski definition) is 4. The van der Waals surface area contributed by atoms with Crippen LogP contribution in [0, 0.1) is 0 Å². The van der Waals surface area contributed by atoms with E-state index in [0.717, 1.165) is 10.4 Å². The Morgan fingerprint density at radius 1 is 1.15 bits per heavy atom. The number of carbonyl (C=O) groups excluding carboxylic acids is 1. The summed E-state index contributed by atoms with van der Waals surface area (Å²) < 4.78 is 1.07. The second-order valence-electron chi connectivity index (χ2n) is 3.92. The van der Waals surface area contributed by atoms with Crippen LogP contribution in [0.3, 0.4) is 0 Å². The van der Waals surface area contributed by atoms with E-state index in [-0.39, 0.29) is 17.2 Å². The van der Waals surface area contributed by atoms with Crippen molar-refractivity contribution in [3.8, 4) is 11.5 Å². The van der Waals surface area contributed by atoms with Crippen LogP contribution >= 0.6 is 24.4 Å². The minimum Gasteiger partial charge on any atom is -0.508 e. The molecule has 0 aliphatic rings. The van der Waals surface area contributed by atoms with Crippen molar-refractivity contribution in [2.75, 3.05) is 9.62 Å². The van der Waals surface area contributed by atoms with Crippen LogP contribution in [0.15, 0.2) is 42.5 Å². The lowest BCUT2D eigenvalue weighted by Gasteiger charge is -2.17. The number of hydrogen-bond donors (Lipinski definition) is 4. The maximum Gasteiger partial charge on any atom is 0.336 e. The van der Waals surface area contributed by atoms with Crippen LogP contribution in [0.4, 0.5) is 16.2 Å². The highest BCUT2D eigenvalue weighted by Gasteiger charge is 2.14. The molecule has 0 spiro atoms. The summed E-state index contributed by atoms with van der Waals surface area (Å²) in [5, 5.41) is 21.8. The van der Waals surface area contributed by atoms with Crippen LogP contribution in [0.1, 0.15) is 0 Å². The summed E-state index contributed by atoms with van der Waals surface area (Å²) >= 11 is 9.84. The van der Waals surface area contributed by atoms with Crippen LogP contribution < -0.4 is 9.62 Å². The number of nitrogens with zero attached hydrogens (tertiary/aromatic N) is 1. The maximum absolute atomic E-state index is 12.0. The Hall–Kier alpha value is -2.05. The van der Waals surface area contributed by atoms with E-state index in [9.17, 15) is 15.0 Å². The molecule has 0 aliphatic carbocycles. The van der Waals surface area contributed by atoms with Crippen LogP contribution in [0.25, 0.3) is 0 Å². The molecule has 0 aromatic heterocycles. The number of urea groups is 1. The molecule has 104 valence electrons. The van der Waals surface area contributed by atoms with E-state index >= 15 is 0 Å². The lowest BCUT2D eigenvalue weighted by atomic mass is 10.3. The number of phenols is 2. The predicted octanol–water partition coefficient (Wildman–Crippen LogP) is 3.63. The molecule has 0 fully saturated rings. The van der Waals surface area contributed by atoms with Gasteiger partial charge in [-0.15, -0.1) is 0 Å². The van der Waals surface area contributed by atoms with Gasteiger partial charge in [-0.1, -0.05) is 24.4 Å². The highest BCUT2D eigenvalue weighted by atomic mass is 35.5. The fourth-order valence-electron chi connectivity index (χ4n) is 1.49. The summed E-state index contributed by atoms with van der Waals surface area (Å²) in [6.07, 6.45) is 0. The Morgan fingerprint density at radius 3 is 2.40 bits per heavy atom. The van der Waals surface area contributed by atoms with Crippen molar-refractivity contribution in [3.05, 3.63) is 47.5 Å². The Labute approximate surface area is 126 Å². The topological polar surface area (TPSA) is 72.8 Å². The molecule has 2 amide bonds. The van der Waals surface area contributed by atoms with E-state index in [2.05, 4.69) is 18.1 Å². The minimum absolute atomic E-state index is 0.0964. The second-order valence-corrected chi connectivity index (χ2v) is 4.76. The first-order chi connectivity index (χ1) is 9.47. The van der Waals surface area contributed by atoms with Gasteiger partial charge in [0.1, 0.15) is 11.5 Å². The summed E-state index contributed by atoms with van der Waals surface area (Å²) in [7, 11) is 0. The zero-order valence-electron chi connectivity index (χ0n) is 10.1. The van der Waals surface area contributed by atoms with Gasteiger partial charge in [0.05, 0.1) is 11.4 Å². The van der Waals surface area contributed by atoms with E-state index in [1.54, 1.807) is 24.3 Å². The van der Waals surface area contributed by atoms with Crippen LogP contribution in [0.2, 0.25) is 5.02 Å². The van der Waals surface area contributed by atoms with Crippen molar-refractivity contribution < 1.29 is 15.0 Å². The summed E-state index contributed by atoms with van der Waals surface area (Å²) in [6, 6.07) is 9.82. The van der Waals surface area contributed by atoms with Gasteiger partial charge in [0.15, 0.2) is 0 Å². The highest BCUT2D eigenvalue weighted by molar-refractivity contribution is 7.82. The number of carbonyl (C=O) groups is 1. The van der Waals surface area contributed by atoms with Gasteiger partial charge < -0.3 is 15.5 Å². The molecule has 20 heavy (non-hydrogen) atoms. The molecule has 0 saturated heterocycles. The molecule has 3 N–H and O–H groups in total. The number of thiol groups is 1. The van der Waals surface area contributed by atoms with Gasteiger partial charge in [0.25, 0.3) is 0 Å². The lowest BCUT2D eigenvalue weighted by Crippen LogP contribution is -2.26. The van der Waals surface area contributed by atoms with E-state index in [1.165, 1.54) is 12.1 Å². The largest absolute Gasteiger partial charge is 0.508 e. The Bertz CT molecular complexity index is 634. The summed E-state index contributed by atoms with van der Waals surface area (Å²) in [6.45, 7) is 0. The normalized spacial score (nSPS) is 10.1. The van der Waals surface area contributed by atoms with Crippen LogP contribution in [-0.2, 0) is 0 Å². The average molecular weight is 311 g/mol. The average Bonchev–Trinajstić information content (AvgIpc) is 2.42. The van der Waals surface area contributed by atoms with Crippen molar-refractivity contribution in [1.82, 2.24) is 0 Å². The number of rotatable bonds is 2. The summed E-state index contributed by atoms with van der Waals surface area (Å²) in [5.74, 6) is -0.336. The zero-order chi connectivity index (χ0) is 14.7. The third-order valence-corrected chi connectivity index (χ3v) is 3.15. The molecule has 2 aromatic carbocycles.